The second-order valence-electron chi connectivity index (χ2n) is 7.21. The maximum absolute atomic E-state index is 14.7. The van der Waals surface area contributed by atoms with Gasteiger partial charge in [-0.15, -0.1) is 23.7 Å². The zero-order valence-corrected chi connectivity index (χ0v) is 20.2. The third kappa shape index (κ3) is 5.72. The van der Waals surface area contributed by atoms with Gasteiger partial charge < -0.3 is 5.32 Å². The van der Waals surface area contributed by atoms with E-state index in [9.17, 15) is 21.6 Å². The lowest BCUT2D eigenvalue weighted by Crippen LogP contribution is -2.37. The fourth-order valence-electron chi connectivity index (χ4n) is 3.27. The maximum Gasteiger partial charge on any atom is 0.266 e. The van der Waals surface area contributed by atoms with Crippen LogP contribution in [0.25, 0.3) is 0 Å². The van der Waals surface area contributed by atoms with Gasteiger partial charge in [-0.1, -0.05) is 11.6 Å². The third-order valence-electron chi connectivity index (χ3n) is 5.09. The van der Waals surface area contributed by atoms with E-state index >= 15 is 0 Å². The zero-order chi connectivity index (χ0) is 22.9. The van der Waals surface area contributed by atoms with Crippen LogP contribution in [-0.2, 0) is 23.1 Å². The van der Waals surface area contributed by atoms with Gasteiger partial charge >= 0.3 is 0 Å². The SMILES string of the molecule is Cl.O=S(=O)(Nc1cscn1)c1cc(Cl)c(NCc2c(F)ccc(F)c2CN2CCC2)cc1F. The topological polar surface area (TPSA) is 74.3 Å². The smallest absolute Gasteiger partial charge is 0.266 e. The van der Waals surface area contributed by atoms with E-state index in [-0.39, 0.29) is 53.2 Å². The summed E-state index contributed by atoms with van der Waals surface area (Å²) < 4.78 is 70.6. The summed E-state index contributed by atoms with van der Waals surface area (Å²) in [5.74, 6) is -2.12. The lowest BCUT2D eigenvalue weighted by molar-refractivity contribution is 0.169. The molecule has 13 heteroatoms. The van der Waals surface area contributed by atoms with Crippen molar-refractivity contribution in [1.82, 2.24) is 9.88 Å². The molecule has 178 valence electrons. The van der Waals surface area contributed by atoms with Crippen LogP contribution in [0.5, 0.6) is 0 Å². The van der Waals surface area contributed by atoms with Gasteiger partial charge in [-0.2, -0.15) is 0 Å². The monoisotopic (exact) mass is 538 g/mol. The number of nitrogens with zero attached hydrogens (tertiary/aromatic N) is 2. The Morgan fingerprint density at radius 3 is 2.39 bits per heavy atom. The summed E-state index contributed by atoms with van der Waals surface area (Å²) in [6.45, 7) is 1.73. The van der Waals surface area contributed by atoms with E-state index in [4.69, 9.17) is 11.6 Å². The van der Waals surface area contributed by atoms with Crippen molar-refractivity contribution in [2.45, 2.75) is 24.4 Å². The zero-order valence-electron chi connectivity index (χ0n) is 16.9. The number of sulfonamides is 1. The quantitative estimate of drug-likeness (QED) is 0.409. The molecule has 0 aliphatic carbocycles. The van der Waals surface area contributed by atoms with Crippen LogP contribution in [0.1, 0.15) is 17.5 Å². The van der Waals surface area contributed by atoms with Crippen molar-refractivity contribution in [3.8, 4) is 0 Å². The van der Waals surface area contributed by atoms with Gasteiger partial charge in [-0.25, -0.2) is 26.6 Å². The number of aromatic nitrogens is 1. The van der Waals surface area contributed by atoms with Crippen LogP contribution in [0.2, 0.25) is 5.02 Å². The number of halogens is 5. The van der Waals surface area contributed by atoms with Crippen molar-refractivity contribution >= 4 is 56.9 Å². The number of likely N-dealkylation sites (tertiary alicyclic amines) is 1. The Kier molecular flexibility index (Phi) is 8.12. The lowest BCUT2D eigenvalue weighted by Gasteiger charge is -2.31. The van der Waals surface area contributed by atoms with Crippen LogP contribution in [0.15, 0.2) is 40.1 Å². The van der Waals surface area contributed by atoms with E-state index in [1.54, 1.807) is 0 Å². The summed E-state index contributed by atoms with van der Waals surface area (Å²) >= 11 is 7.34. The second kappa shape index (κ2) is 10.5. The number of hydrogen-bond donors (Lipinski definition) is 2. The van der Waals surface area contributed by atoms with E-state index in [2.05, 4.69) is 15.0 Å². The summed E-state index contributed by atoms with van der Waals surface area (Å²) in [4.78, 5) is 5.14. The first-order chi connectivity index (χ1) is 15.2. The maximum atomic E-state index is 14.7. The minimum atomic E-state index is -4.26. The van der Waals surface area contributed by atoms with Crippen molar-refractivity contribution in [2.75, 3.05) is 23.1 Å². The number of rotatable bonds is 8. The molecule has 4 rings (SSSR count). The molecule has 33 heavy (non-hydrogen) atoms. The average molecular weight is 539 g/mol. The lowest BCUT2D eigenvalue weighted by atomic mass is 10.0. The largest absolute Gasteiger partial charge is 0.380 e. The average Bonchev–Trinajstić information content (AvgIpc) is 3.20. The molecule has 2 aromatic carbocycles. The Bertz CT molecular complexity index is 1240. The molecule has 1 aromatic heterocycles. The van der Waals surface area contributed by atoms with E-state index in [0.29, 0.717) is 0 Å². The molecule has 2 heterocycles. The highest BCUT2D eigenvalue weighted by Gasteiger charge is 2.24. The highest BCUT2D eigenvalue weighted by Crippen LogP contribution is 2.30. The van der Waals surface area contributed by atoms with Crippen LogP contribution in [0.4, 0.5) is 24.7 Å². The Balaban J connectivity index is 0.00000306. The first-order valence-corrected chi connectivity index (χ1v) is 12.4. The fraction of sp³-hybridized carbons (Fsp3) is 0.250. The molecule has 1 aliphatic heterocycles. The van der Waals surface area contributed by atoms with Gasteiger partial charge in [0.25, 0.3) is 10.0 Å². The molecule has 1 fully saturated rings. The van der Waals surface area contributed by atoms with E-state index in [1.165, 1.54) is 22.2 Å². The summed E-state index contributed by atoms with van der Waals surface area (Å²) in [5.41, 5.74) is 1.81. The van der Waals surface area contributed by atoms with Crippen molar-refractivity contribution in [2.24, 2.45) is 0 Å². The molecule has 6 nitrogen and oxygen atoms in total. The predicted octanol–water partition coefficient (Wildman–Crippen LogP) is 5.25. The minimum Gasteiger partial charge on any atom is -0.380 e. The number of hydrogen-bond acceptors (Lipinski definition) is 6. The van der Waals surface area contributed by atoms with Crippen LogP contribution < -0.4 is 10.0 Å². The number of thiazole rings is 1. The second-order valence-corrected chi connectivity index (χ2v) is 9.99. The normalized spacial score (nSPS) is 13.8. The van der Waals surface area contributed by atoms with Crippen molar-refractivity contribution in [1.29, 1.82) is 0 Å². The molecule has 1 aliphatic rings. The molecule has 0 atom stereocenters. The van der Waals surface area contributed by atoms with Crippen LogP contribution in [0, 0.1) is 17.5 Å². The Hall–Kier alpha value is -2.05. The summed E-state index contributed by atoms with van der Waals surface area (Å²) in [6.07, 6.45) is 1.01. The fourth-order valence-corrected chi connectivity index (χ4v) is 5.21. The molecule has 2 N–H and O–H groups in total. The Morgan fingerprint density at radius 2 is 1.79 bits per heavy atom. The van der Waals surface area contributed by atoms with Crippen LogP contribution in [-0.4, -0.2) is 31.4 Å². The van der Waals surface area contributed by atoms with Crippen molar-refractivity contribution in [3.63, 3.8) is 0 Å². The van der Waals surface area contributed by atoms with Gasteiger partial charge in [0.05, 0.1) is 16.2 Å². The molecule has 0 spiro atoms. The molecule has 0 unspecified atom stereocenters. The summed E-state index contributed by atoms with van der Waals surface area (Å²) in [7, 11) is -4.26. The van der Waals surface area contributed by atoms with Crippen molar-refractivity contribution < 1.29 is 21.6 Å². The molecular formula is C20H19Cl2F3N4O2S2. The molecule has 0 bridgehead atoms. The highest BCUT2D eigenvalue weighted by molar-refractivity contribution is 7.92. The van der Waals surface area contributed by atoms with Gasteiger partial charge in [-0.05, 0) is 43.8 Å². The van der Waals surface area contributed by atoms with Gasteiger partial charge in [0.15, 0.2) is 5.82 Å². The highest BCUT2D eigenvalue weighted by atomic mass is 35.5. The van der Waals surface area contributed by atoms with E-state index < -0.39 is 32.4 Å². The summed E-state index contributed by atoms with van der Waals surface area (Å²) in [5, 5.41) is 4.15. The van der Waals surface area contributed by atoms with Gasteiger partial charge in [0, 0.05) is 29.6 Å². The minimum absolute atomic E-state index is 0. The number of nitrogens with one attached hydrogen (secondary N) is 2. The predicted molar refractivity (Wildman–Crippen MR) is 125 cm³/mol. The number of benzene rings is 2. The molecule has 1 saturated heterocycles. The van der Waals surface area contributed by atoms with Gasteiger partial charge in [0.2, 0.25) is 0 Å². The van der Waals surface area contributed by atoms with Gasteiger partial charge in [0.1, 0.15) is 22.3 Å². The summed E-state index contributed by atoms with van der Waals surface area (Å²) in [6, 6.07) is 3.98. The first-order valence-electron chi connectivity index (χ1n) is 9.56. The van der Waals surface area contributed by atoms with Crippen LogP contribution in [0.3, 0.4) is 0 Å². The molecule has 0 radical (unpaired) electrons. The van der Waals surface area contributed by atoms with E-state index in [0.717, 1.165) is 43.8 Å². The first kappa shape index (κ1) is 25.6. The molecule has 0 amide bonds. The Morgan fingerprint density at radius 1 is 1.09 bits per heavy atom. The third-order valence-corrected chi connectivity index (χ3v) is 7.35. The van der Waals surface area contributed by atoms with Crippen molar-refractivity contribution in [3.05, 3.63) is 68.8 Å². The Labute approximate surface area is 204 Å². The van der Waals surface area contributed by atoms with Gasteiger partial charge in [-0.3, -0.25) is 9.62 Å². The van der Waals surface area contributed by atoms with E-state index in [1.807, 2.05) is 4.90 Å². The standard InChI is InChI=1S/C20H18ClF3N4O2S2.ClH/c21-14-6-19(32(29,30)27-20-10-31-11-26-20)17(24)7-18(14)25-8-12-13(9-28-4-1-5-28)16(23)3-2-15(12)22;/h2-3,6-7,10-11,25,27H,1,4-5,8-9H2;1H. The van der Waals surface area contributed by atoms with Crippen LogP contribution >= 0.6 is 35.3 Å². The number of anilines is 2. The molecular weight excluding hydrogens is 520 g/mol. The molecule has 3 aromatic rings. The molecule has 0 saturated carbocycles.